The molecule has 0 bridgehead atoms. The van der Waals surface area contributed by atoms with Crippen LogP contribution in [-0.4, -0.2) is 31.6 Å². The quantitative estimate of drug-likeness (QED) is 0.417. The van der Waals surface area contributed by atoms with E-state index in [0.29, 0.717) is 32.5 Å². The molecule has 4 nitrogen and oxygen atoms in total. The number of fused-ring (bicyclic) bond motifs is 1. The van der Waals surface area contributed by atoms with E-state index >= 15 is 0 Å². The summed E-state index contributed by atoms with van der Waals surface area (Å²) in [5, 5.41) is 0. The third-order valence-electron chi connectivity index (χ3n) is 8.34. The van der Waals surface area contributed by atoms with E-state index in [1.54, 1.807) is 0 Å². The Hall–Kier alpha value is -2.56. The normalized spacial score (nSPS) is 23.2. The fourth-order valence-electron chi connectivity index (χ4n) is 6.17. The molecule has 4 heteroatoms. The first-order valence-electron chi connectivity index (χ1n) is 12.7. The van der Waals surface area contributed by atoms with Crippen LogP contribution in [0.25, 0.3) is 0 Å². The summed E-state index contributed by atoms with van der Waals surface area (Å²) in [6.07, 6.45) is 6.28. The lowest BCUT2D eigenvalue weighted by atomic mass is 9.64. The van der Waals surface area contributed by atoms with Crippen molar-refractivity contribution in [2.24, 2.45) is 0 Å². The fourth-order valence-corrected chi connectivity index (χ4v) is 6.17. The molecule has 2 aromatic carbocycles. The molecule has 0 radical (unpaired) electrons. The molecule has 2 aliphatic carbocycles. The van der Waals surface area contributed by atoms with E-state index in [1.807, 2.05) is 12.1 Å². The number of ketones is 2. The van der Waals surface area contributed by atoms with Crippen LogP contribution in [0.15, 0.2) is 48.6 Å². The number of carbonyl (C=O) groups excluding carboxylic acids is 2. The van der Waals surface area contributed by atoms with Gasteiger partial charge in [-0.15, -0.1) is 0 Å². The first-order chi connectivity index (χ1) is 16.6. The molecule has 3 aliphatic rings. The molecule has 5 rings (SSSR count). The van der Waals surface area contributed by atoms with E-state index in [2.05, 4.69) is 71.0 Å². The zero-order valence-corrected chi connectivity index (χ0v) is 21.6. The monoisotopic (exact) mass is 472 g/mol. The van der Waals surface area contributed by atoms with Gasteiger partial charge < -0.3 is 9.47 Å². The van der Waals surface area contributed by atoms with Crippen molar-refractivity contribution in [2.45, 2.75) is 76.0 Å². The van der Waals surface area contributed by atoms with Crippen LogP contribution in [0.4, 0.5) is 0 Å². The van der Waals surface area contributed by atoms with Crippen LogP contribution < -0.4 is 0 Å². The van der Waals surface area contributed by atoms with Crippen molar-refractivity contribution in [3.8, 4) is 0 Å². The number of rotatable bonds is 3. The average molecular weight is 473 g/mol. The highest BCUT2D eigenvalue weighted by Crippen LogP contribution is 2.46. The van der Waals surface area contributed by atoms with E-state index in [1.165, 1.54) is 22.3 Å². The molecule has 1 aliphatic heterocycles. The number of hydrogen-bond acceptors (Lipinski definition) is 4. The summed E-state index contributed by atoms with van der Waals surface area (Å²) in [6, 6.07) is 12.8. The average Bonchev–Trinajstić information content (AvgIpc) is 2.83. The molecule has 1 heterocycles. The zero-order valence-electron chi connectivity index (χ0n) is 21.6. The highest BCUT2D eigenvalue weighted by molar-refractivity contribution is 6.09. The standard InChI is InChI=1S/C31H36O4/c1-20-15-24-25(30(4,5)14-13-29(24,2)3)16-23(20)31(17-34-19-35-18-31)22-11-9-21(10-12-22)28-26(32)7-6-8-27(28)33/h9-16,28H,6-8,17-19H2,1-5H3. The molecule has 2 fully saturated rings. The second-order valence-electron chi connectivity index (χ2n) is 11.7. The van der Waals surface area contributed by atoms with Crippen molar-refractivity contribution in [1.82, 2.24) is 0 Å². The predicted molar refractivity (Wildman–Crippen MR) is 137 cm³/mol. The van der Waals surface area contributed by atoms with Crippen molar-refractivity contribution in [3.05, 3.63) is 81.9 Å². The molecule has 1 saturated heterocycles. The molecule has 184 valence electrons. The van der Waals surface area contributed by atoms with Gasteiger partial charge in [0.1, 0.15) is 24.3 Å². The molecular weight excluding hydrogens is 436 g/mol. The smallest absolute Gasteiger partial charge is 0.147 e. The van der Waals surface area contributed by atoms with E-state index in [4.69, 9.17) is 9.47 Å². The molecule has 0 atom stereocenters. The number of ether oxygens (including phenoxy) is 2. The van der Waals surface area contributed by atoms with Gasteiger partial charge in [0.2, 0.25) is 0 Å². The lowest BCUT2D eigenvalue weighted by Gasteiger charge is -2.42. The van der Waals surface area contributed by atoms with Gasteiger partial charge in [-0.05, 0) is 46.7 Å². The Balaban J connectivity index is 1.62. The minimum absolute atomic E-state index is 0.0262. The Labute approximate surface area is 208 Å². The Kier molecular flexibility index (Phi) is 5.89. The maximum absolute atomic E-state index is 12.5. The fraction of sp³-hybridized carbons (Fsp3) is 0.484. The van der Waals surface area contributed by atoms with Gasteiger partial charge in [0.25, 0.3) is 0 Å². The number of allylic oxidation sites excluding steroid dienone is 2. The Bertz CT molecular complexity index is 1180. The van der Waals surface area contributed by atoms with E-state index in [-0.39, 0.29) is 29.2 Å². The van der Waals surface area contributed by atoms with Crippen LogP contribution in [0.2, 0.25) is 0 Å². The van der Waals surface area contributed by atoms with Crippen LogP contribution in [0.1, 0.15) is 86.3 Å². The van der Waals surface area contributed by atoms with E-state index < -0.39 is 11.3 Å². The topological polar surface area (TPSA) is 52.6 Å². The lowest BCUT2D eigenvalue weighted by Crippen LogP contribution is -2.43. The Morgan fingerprint density at radius 3 is 1.89 bits per heavy atom. The summed E-state index contributed by atoms with van der Waals surface area (Å²) in [4.78, 5) is 25.0. The van der Waals surface area contributed by atoms with Gasteiger partial charge in [-0.1, -0.05) is 76.2 Å². The van der Waals surface area contributed by atoms with Crippen LogP contribution in [0, 0.1) is 6.92 Å². The summed E-state index contributed by atoms with van der Waals surface area (Å²) in [5.74, 6) is -0.541. The SMILES string of the molecule is Cc1cc2c(cc1C1(c3ccc(C4C(=O)CCCC4=O)cc3)COCOC1)C(C)(C)C=CC2(C)C. The second-order valence-corrected chi connectivity index (χ2v) is 11.7. The maximum atomic E-state index is 12.5. The molecule has 2 aromatic rings. The number of aryl methyl sites for hydroxylation is 1. The largest absolute Gasteiger partial charge is 0.354 e. The number of hydrogen-bond donors (Lipinski definition) is 0. The number of Topliss-reactive ketones (excluding diaryl/α,β-unsaturated/α-hetero) is 2. The second kappa shape index (κ2) is 8.53. The van der Waals surface area contributed by atoms with Gasteiger partial charge >= 0.3 is 0 Å². The summed E-state index contributed by atoms with van der Waals surface area (Å²) in [7, 11) is 0. The molecule has 0 spiro atoms. The van der Waals surface area contributed by atoms with Crippen LogP contribution >= 0.6 is 0 Å². The first kappa shape index (κ1) is 24.1. The lowest BCUT2D eigenvalue weighted by molar-refractivity contribution is -0.131. The minimum Gasteiger partial charge on any atom is -0.354 e. The van der Waals surface area contributed by atoms with Gasteiger partial charge in [-0.25, -0.2) is 0 Å². The molecule has 35 heavy (non-hydrogen) atoms. The van der Waals surface area contributed by atoms with Crippen LogP contribution in [0.3, 0.4) is 0 Å². The predicted octanol–water partition coefficient (Wildman–Crippen LogP) is 5.82. The molecule has 1 saturated carbocycles. The Morgan fingerprint density at radius 2 is 1.31 bits per heavy atom. The molecule has 0 aromatic heterocycles. The molecule has 0 N–H and O–H groups in total. The van der Waals surface area contributed by atoms with Crippen molar-refractivity contribution in [3.63, 3.8) is 0 Å². The van der Waals surface area contributed by atoms with E-state index in [0.717, 1.165) is 11.1 Å². The molecule has 0 unspecified atom stereocenters. The third-order valence-corrected chi connectivity index (χ3v) is 8.34. The molecular formula is C31H36O4. The maximum Gasteiger partial charge on any atom is 0.147 e. The van der Waals surface area contributed by atoms with Crippen molar-refractivity contribution in [1.29, 1.82) is 0 Å². The number of carbonyl (C=O) groups is 2. The van der Waals surface area contributed by atoms with Crippen molar-refractivity contribution >= 4 is 11.6 Å². The van der Waals surface area contributed by atoms with Gasteiger partial charge in [-0.3, -0.25) is 9.59 Å². The van der Waals surface area contributed by atoms with Crippen molar-refractivity contribution in [2.75, 3.05) is 20.0 Å². The first-order valence-corrected chi connectivity index (χ1v) is 12.7. The summed E-state index contributed by atoms with van der Waals surface area (Å²) >= 11 is 0. The molecule has 0 amide bonds. The van der Waals surface area contributed by atoms with Crippen molar-refractivity contribution < 1.29 is 19.1 Å². The summed E-state index contributed by atoms with van der Waals surface area (Å²) < 4.78 is 11.8. The minimum atomic E-state index is -0.618. The summed E-state index contributed by atoms with van der Waals surface area (Å²) in [6.45, 7) is 12.6. The van der Waals surface area contributed by atoms with Gasteiger partial charge in [-0.2, -0.15) is 0 Å². The van der Waals surface area contributed by atoms with Gasteiger partial charge in [0.05, 0.1) is 18.6 Å². The highest BCUT2D eigenvalue weighted by Gasteiger charge is 2.42. The van der Waals surface area contributed by atoms with Gasteiger partial charge in [0, 0.05) is 23.7 Å². The summed E-state index contributed by atoms with van der Waals surface area (Å²) in [5.41, 5.74) is 6.46. The zero-order chi connectivity index (χ0) is 25.0. The van der Waals surface area contributed by atoms with E-state index in [9.17, 15) is 9.59 Å². The number of benzene rings is 2. The van der Waals surface area contributed by atoms with Crippen LogP contribution in [-0.2, 0) is 35.3 Å². The highest BCUT2D eigenvalue weighted by atomic mass is 16.7. The van der Waals surface area contributed by atoms with Gasteiger partial charge in [0.15, 0.2) is 0 Å². The Morgan fingerprint density at radius 1 is 0.771 bits per heavy atom. The third kappa shape index (κ3) is 4.01. The van der Waals surface area contributed by atoms with Crippen LogP contribution in [0.5, 0.6) is 0 Å².